The number of carbonyl (C=O) groups excluding carboxylic acids is 1. The predicted octanol–water partition coefficient (Wildman–Crippen LogP) is 2.90. The lowest BCUT2D eigenvalue weighted by atomic mass is 10.1. The molecule has 82 valence electrons. The van der Waals surface area contributed by atoms with Gasteiger partial charge in [-0.25, -0.2) is 0 Å². The van der Waals surface area contributed by atoms with Crippen LogP contribution in [0.2, 0.25) is 0 Å². The number of amides is 1. The van der Waals surface area contributed by atoms with Gasteiger partial charge in [0.2, 0.25) is 5.91 Å². The van der Waals surface area contributed by atoms with Crippen LogP contribution in [0.25, 0.3) is 0 Å². The Labute approximate surface area is 95.8 Å². The maximum atomic E-state index is 11.6. The molecule has 0 radical (unpaired) electrons. The van der Waals surface area contributed by atoms with E-state index >= 15 is 0 Å². The van der Waals surface area contributed by atoms with E-state index in [-0.39, 0.29) is 11.8 Å². The number of carbonyl (C=O) groups is 1. The van der Waals surface area contributed by atoms with Crippen molar-refractivity contribution in [3.63, 3.8) is 0 Å². The normalized spacial score (nSPS) is 10.1. The van der Waals surface area contributed by atoms with Crippen LogP contribution in [0, 0.1) is 13.8 Å². The summed E-state index contributed by atoms with van der Waals surface area (Å²) in [6, 6.07) is 6.05. The van der Waals surface area contributed by atoms with E-state index < -0.39 is 0 Å². The number of nitrogens with zero attached hydrogens (tertiary/aromatic N) is 1. The van der Waals surface area contributed by atoms with Gasteiger partial charge >= 0.3 is 0 Å². The molecular formula is C12H16ClNO. The molecule has 3 heteroatoms. The zero-order chi connectivity index (χ0) is 11.4. The number of hydrogen-bond donors (Lipinski definition) is 0. The molecule has 0 aromatic heterocycles. The Kier molecular flexibility index (Phi) is 4.15. The predicted molar refractivity (Wildman–Crippen MR) is 64.7 cm³/mol. The summed E-state index contributed by atoms with van der Waals surface area (Å²) in [5.41, 5.74) is 3.26. The standard InChI is InChI=1S/C12H16ClNO/c1-4-14(12(15)8-13)11-6-5-9(2)7-10(11)3/h5-7H,4,8H2,1-3H3. The zero-order valence-corrected chi connectivity index (χ0v) is 10.1. The van der Waals surface area contributed by atoms with Crippen molar-refractivity contribution < 1.29 is 4.79 Å². The lowest BCUT2D eigenvalue weighted by molar-refractivity contribution is -0.116. The first-order valence-corrected chi connectivity index (χ1v) is 5.57. The molecule has 0 bridgehead atoms. The number of rotatable bonds is 3. The van der Waals surface area contributed by atoms with E-state index in [9.17, 15) is 4.79 Å². The fraction of sp³-hybridized carbons (Fsp3) is 0.417. The van der Waals surface area contributed by atoms with Gasteiger partial charge in [0.15, 0.2) is 0 Å². The third kappa shape index (κ3) is 2.72. The maximum absolute atomic E-state index is 11.6. The summed E-state index contributed by atoms with van der Waals surface area (Å²) in [7, 11) is 0. The van der Waals surface area contributed by atoms with E-state index in [1.807, 2.05) is 32.9 Å². The van der Waals surface area contributed by atoms with Crippen LogP contribution in [-0.2, 0) is 4.79 Å². The number of alkyl halides is 1. The Morgan fingerprint density at radius 1 is 1.40 bits per heavy atom. The van der Waals surface area contributed by atoms with Crippen LogP contribution in [0.1, 0.15) is 18.1 Å². The van der Waals surface area contributed by atoms with Crippen molar-refractivity contribution in [2.45, 2.75) is 20.8 Å². The summed E-state index contributed by atoms with van der Waals surface area (Å²) in [4.78, 5) is 13.3. The summed E-state index contributed by atoms with van der Waals surface area (Å²) in [5.74, 6) is -0.0210. The summed E-state index contributed by atoms with van der Waals surface area (Å²) >= 11 is 5.57. The van der Waals surface area contributed by atoms with Crippen molar-refractivity contribution in [2.75, 3.05) is 17.3 Å². The van der Waals surface area contributed by atoms with Crippen LogP contribution in [-0.4, -0.2) is 18.3 Å². The Bertz CT molecular complexity index is 363. The van der Waals surface area contributed by atoms with E-state index in [1.165, 1.54) is 5.56 Å². The molecule has 15 heavy (non-hydrogen) atoms. The first-order valence-electron chi connectivity index (χ1n) is 5.03. The molecule has 0 aliphatic heterocycles. The van der Waals surface area contributed by atoms with Crippen LogP contribution in [0.4, 0.5) is 5.69 Å². The van der Waals surface area contributed by atoms with Gasteiger partial charge in [0.1, 0.15) is 5.88 Å². The lowest BCUT2D eigenvalue weighted by Crippen LogP contribution is -2.32. The van der Waals surface area contributed by atoms with Gasteiger partial charge in [-0.2, -0.15) is 0 Å². The van der Waals surface area contributed by atoms with Gasteiger partial charge in [-0.3, -0.25) is 4.79 Å². The van der Waals surface area contributed by atoms with Crippen molar-refractivity contribution >= 4 is 23.2 Å². The summed E-state index contributed by atoms with van der Waals surface area (Å²) < 4.78 is 0. The largest absolute Gasteiger partial charge is 0.311 e. The molecule has 0 atom stereocenters. The zero-order valence-electron chi connectivity index (χ0n) is 9.38. The monoisotopic (exact) mass is 225 g/mol. The number of benzene rings is 1. The average molecular weight is 226 g/mol. The van der Waals surface area contributed by atoms with E-state index in [0.29, 0.717) is 6.54 Å². The van der Waals surface area contributed by atoms with Crippen LogP contribution >= 0.6 is 11.6 Å². The third-order valence-electron chi connectivity index (χ3n) is 2.37. The molecule has 0 aliphatic carbocycles. The molecule has 0 N–H and O–H groups in total. The van der Waals surface area contributed by atoms with Gasteiger partial charge in [0.25, 0.3) is 0 Å². The highest BCUT2D eigenvalue weighted by molar-refractivity contribution is 6.29. The van der Waals surface area contributed by atoms with Gasteiger partial charge in [-0.05, 0) is 32.4 Å². The SMILES string of the molecule is CCN(C(=O)CCl)c1ccc(C)cc1C. The van der Waals surface area contributed by atoms with Gasteiger partial charge in [-0.15, -0.1) is 11.6 Å². The van der Waals surface area contributed by atoms with Gasteiger partial charge in [-0.1, -0.05) is 17.7 Å². The van der Waals surface area contributed by atoms with E-state index in [4.69, 9.17) is 11.6 Å². The smallest absolute Gasteiger partial charge is 0.241 e. The highest BCUT2D eigenvalue weighted by atomic mass is 35.5. The van der Waals surface area contributed by atoms with E-state index in [0.717, 1.165) is 11.3 Å². The van der Waals surface area contributed by atoms with Gasteiger partial charge in [0.05, 0.1) is 0 Å². The molecule has 1 rings (SSSR count). The number of anilines is 1. The second kappa shape index (κ2) is 5.17. The molecule has 0 saturated heterocycles. The van der Waals surface area contributed by atoms with Crippen molar-refractivity contribution in [2.24, 2.45) is 0 Å². The molecular weight excluding hydrogens is 210 g/mol. The van der Waals surface area contributed by atoms with Crippen LogP contribution < -0.4 is 4.90 Å². The van der Waals surface area contributed by atoms with Gasteiger partial charge < -0.3 is 4.90 Å². The van der Waals surface area contributed by atoms with Crippen LogP contribution in [0.5, 0.6) is 0 Å². The molecule has 2 nitrogen and oxygen atoms in total. The van der Waals surface area contributed by atoms with Crippen LogP contribution in [0.3, 0.4) is 0 Å². The van der Waals surface area contributed by atoms with E-state index in [1.54, 1.807) is 4.90 Å². The van der Waals surface area contributed by atoms with Crippen LogP contribution in [0.15, 0.2) is 18.2 Å². The minimum atomic E-state index is -0.0499. The second-order valence-corrected chi connectivity index (χ2v) is 3.83. The topological polar surface area (TPSA) is 20.3 Å². The Balaban J connectivity index is 3.07. The molecule has 0 spiro atoms. The second-order valence-electron chi connectivity index (χ2n) is 3.56. The average Bonchev–Trinajstić information content (AvgIpc) is 2.21. The highest BCUT2D eigenvalue weighted by Gasteiger charge is 2.14. The summed E-state index contributed by atoms with van der Waals surface area (Å²) in [5, 5.41) is 0. The molecule has 0 saturated carbocycles. The quantitative estimate of drug-likeness (QED) is 0.725. The first-order chi connectivity index (χ1) is 7.10. The Morgan fingerprint density at radius 2 is 2.07 bits per heavy atom. The molecule has 0 aliphatic rings. The van der Waals surface area contributed by atoms with E-state index in [2.05, 4.69) is 6.07 Å². The fourth-order valence-electron chi connectivity index (χ4n) is 1.66. The fourth-order valence-corrected chi connectivity index (χ4v) is 1.81. The minimum absolute atomic E-state index is 0.0289. The number of hydrogen-bond acceptors (Lipinski definition) is 1. The highest BCUT2D eigenvalue weighted by Crippen LogP contribution is 2.21. The van der Waals surface area contributed by atoms with Crippen molar-refractivity contribution in [3.8, 4) is 0 Å². The maximum Gasteiger partial charge on any atom is 0.241 e. The molecule has 1 aromatic carbocycles. The Hall–Kier alpha value is -1.02. The first kappa shape index (κ1) is 12.1. The molecule has 1 aromatic rings. The number of halogens is 1. The Morgan fingerprint density at radius 3 is 2.53 bits per heavy atom. The molecule has 0 fully saturated rings. The number of aryl methyl sites for hydroxylation is 2. The summed E-state index contributed by atoms with van der Waals surface area (Å²) in [6.45, 7) is 6.64. The molecule has 0 heterocycles. The summed E-state index contributed by atoms with van der Waals surface area (Å²) in [6.07, 6.45) is 0. The molecule has 1 amide bonds. The van der Waals surface area contributed by atoms with Crippen molar-refractivity contribution in [1.82, 2.24) is 0 Å². The third-order valence-corrected chi connectivity index (χ3v) is 2.60. The minimum Gasteiger partial charge on any atom is -0.311 e. The lowest BCUT2D eigenvalue weighted by Gasteiger charge is -2.22. The van der Waals surface area contributed by atoms with Crippen molar-refractivity contribution in [3.05, 3.63) is 29.3 Å². The molecule has 0 unspecified atom stereocenters. The van der Waals surface area contributed by atoms with Crippen molar-refractivity contribution in [1.29, 1.82) is 0 Å². The van der Waals surface area contributed by atoms with Gasteiger partial charge in [0, 0.05) is 12.2 Å².